The number of aromatic nitrogens is 1. The van der Waals surface area contributed by atoms with Crippen molar-refractivity contribution in [2.75, 3.05) is 13.0 Å². The number of hydrogen-bond acceptors (Lipinski definition) is 8. The summed E-state index contributed by atoms with van der Waals surface area (Å²) in [5, 5.41) is 19.2. The first-order valence-electron chi connectivity index (χ1n) is 6.81. The van der Waals surface area contributed by atoms with Gasteiger partial charge in [0.2, 0.25) is 9.84 Å². The minimum Gasteiger partial charge on any atom is -0.504 e. The zero-order valence-corrected chi connectivity index (χ0v) is 13.8. The molecule has 0 aliphatic rings. The van der Waals surface area contributed by atoms with Crippen molar-refractivity contribution in [3.63, 3.8) is 0 Å². The number of benzene rings is 1. The molecule has 25 heavy (non-hydrogen) atoms. The first kappa shape index (κ1) is 18.6. The number of pyridine rings is 1. The summed E-state index contributed by atoms with van der Waals surface area (Å²) in [6.45, 7) is -0.359. The molecule has 1 aromatic heterocycles. The molecule has 0 spiro atoms. The third-order valence-electron chi connectivity index (χ3n) is 3.15. The number of rotatable bonds is 6. The van der Waals surface area contributed by atoms with Crippen molar-refractivity contribution < 1.29 is 37.3 Å². The lowest BCUT2D eigenvalue weighted by Crippen LogP contribution is -2.15. The van der Waals surface area contributed by atoms with Crippen LogP contribution >= 0.6 is 0 Å². The standard InChI is InChI=1S/C15H14FNO7S/c1-23-15(20)12-13(19)14(25(21,22)8-18)9(6-17-12)7-24-11-4-2-10(16)3-5-11/h2-6,18-19H,7-8H2,1H3. The Morgan fingerprint density at radius 2 is 1.92 bits per heavy atom. The molecule has 8 nitrogen and oxygen atoms in total. The largest absolute Gasteiger partial charge is 0.504 e. The highest BCUT2D eigenvalue weighted by Gasteiger charge is 2.28. The summed E-state index contributed by atoms with van der Waals surface area (Å²) in [6, 6.07) is 4.95. The van der Waals surface area contributed by atoms with Crippen molar-refractivity contribution in [2.24, 2.45) is 0 Å². The molecule has 0 atom stereocenters. The quantitative estimate of drug-likeness (QED) is 0.722. The maximum Gasteiger partial charge on any atom is 0.360 e. The van der Waals surface area contributed by atoms with E-state index in [0.717, 1.165) is 25.4 Å². The third kappa shape index (κ3) is 4.03. The van der Waals surface area contributed by atoms with Gasteiger partial charge in [0.05, 0.1) is 7.11 Å². The molecule has 134 valence electrons. The minimum atomic E-state index is -4.32. The number of sulfone groups is 1. The molecular weight excluding hydrogens is 357 g/mol. The summed E-state index contributed by atoms with van der Waals surface area (Å²) in [5.41, 5.74) is -0.705. The molecule has 1 heterocycles. The van der Waals surface area contributed by atoms with E-state index in [-0.39, 0.29) is 17.9 Å². The number of carbonyl (C=O) groups is 1. The Hall–Kier alpha value is -2.72. The van der Waals surface area contributed by atoms with E-state index < -0.39 is 43.9 Å². The average molecular weight is 371 g/mol. The van der Waals surface area contributed by atoms with Crippen LogP contribution in [0.4, 0.5) is 4.39 Å². The minimum absolute atomic E-state index is 0.0940. The average Bonchev–Trinajstić information content (AvgIpc) is 2.60. The van der Waals surface area contributed by atoms with Crippen molar-refractivity contribution in [3.05, 3.63) is 47.5 Å². The van der Waals surface area contributed by atoms with Crippen LogP contribution in [0.1, 0.15) is 16.1 Å². The predicted octanol–water partition coefficient (Wildman–Crippen LogP) is 1.02. The first-order valence-corrected chi connectivity index (χ1v) is 8.46. The molecule has 0 unspecified atom stereocenters. The summed E-state index contributed by atoms with van der Waals surface area (Å²) in [7, 11) is -3.28. The van der Waals surface area contributed by atoms with Crippen LogP contribution in [0, 0.1) is 5.82 Å². The number of aliphatic hydroxyl groups is 1. The third-order valence-corrected chi connectivity index (χ3v) is 4.57. The molecule has 2 rings (SSSR count). The fourth-order valence-electron chi connectivity index (χ4n) is 1.97. The summed E-state index contributed by atoms with van der Waals surface area (Å²) < 4.78 is 46.7. The molecule has 0 saturated heterocycles. The SMILES string of the molecule is COC(=O)c1ncc(COc2ccc(F)cc2)c(S(=O)(=O)CO)c1O. The number of nitrogens with zero attached hydrogens (tertiary/aromatic N) is 1. The summed E-state index contributed by atoms with van der Waals surface area (Å²) in [5.74, 6) is -3.52. The van der Waals surface area contributed by atoms with Crippen LogP contribution < -0.4 is 4.74 Å². The van der Waals surface area contributed by atoms with E-state index in [1.165, 1.54) is 12.1 Å². The van der Waals surface area contributed by atoms with E-state index >= 15 is 0 Å². The monoisotopic (exact) mass is 371 g/mol. The molecule has 0 fully saturated rings. The Kier molecular flexibility index (Phi) is 5.55. The van der Waals surface area contributed by atoms with Crippen LogP contribution in [-0.2, 0) is 21.2 Å². The molecule has 0 aliphatic heterocycles. The van der Waals surface area contributed by atoms with Gasteiger partial charge in [-0.2, -0.15) is 0 Å². The van der Waals surface area contributed by atoms with E-state index in [1.807, 2.05) is 0 Å². The van der Waals surface area contributed by atoms with E-state index in [2.05, 4.69) is 9.72 Å². The van der Waals surface area contributed by atoms with E-state index in [9.17, 15) is 22.7 Å². The molecule has 2 N–H and O–H groups in total. The molecule has 0 aliphatic carbocycles. The summed E-state index contributed by atoms with van der Waals surface area (Å²) in [6.07, 6.45) is 1.01. The fraction of sp³-hybridized carbons (Fsp3) is 0.200. The Balaban J connectivity index is 2.44. The number of hydrogen-bond donors (Lipinski definition) is 2. The van der Waals surface area contributed by atoms with Gasteiger partial charge in [0.15, 0.2) is 11.4 Å². The van der Waals surface area contributed by atoms with E-state index in [4.69, 9.17) is 9.84 Å². The van der Waals surface area contributed by atoms with Crippen LogP contribution in [-0.4, -0.2) is 42.6 Å². The van der Waals surface area contributed by atoms with Crippen LogP contribution in [0.2, 0.25) is 0 Å². The highest BCUT2D eigenvalue weighted by molar-refractivity contribution is 7.91. The number of esters is 1. The van der Waals surface area contributed by atoms with Crippen molar-refractivity contribution >= 4 is 15.8 Å². The molecule has 0 bridgehead atoms. The number of aromatic hydroxyl groups is 1. The molecule has 0 radical (unpaired) electrons. The zero-order chi connectivity index (χ0) is 18.6. The van der Waals surface area contributed by atoms with Crippen LogP contribution in [0.15, 0.2) is 35.4 Å². The second kappa shape index (κ2) is 7.45. The molecule has 10 heteroatoms. The van der Waals surface area contributed by atoms with Gasteiger partial charge < -0.3 is 19.7 Å². The second-order valence-corrected chi connectivity index (χ2v) is 6.68. The first-order chi connectivity index (χ1) is 11.8. The molecular formula is C15H14FNO7S. The van der Waals surface area contributed by atoms with Gasteiger partial charge >= 0.3 is 5.97 Å². The lowest BCUT2D eigenvalue weighted by atomic mass is 10.2. The van der Waals surface area contributed by atoms with Crippen molar-refractivity contribution in [2.45, 2.75) is 11.5 Å². The molecule has 0 amide bonds. The van der Waals surface area contributed by atoms with Gasteiger partial charge in [-0.25, -0.2) is 22.6 Å². The van der Waals surface area contributed by atoms with Crippen molar-refractivity contribution in [3.8, 4) is 11.5 Å². The maximum absolute atomic E-state index is 12.9. The van der Waals surface area contributed by atoms with Gasteiger partial charge in [-0.3, -0.25) is 0 Å². The number of carbonyl (C=O) groups excluding carboxylic acids is 1. The van der Waals surface area contributed by atoms with Gasteiger partial charge in [-0.05, 0) is 24.3 Å². The van der Waals surface area contributed by atoms with Gasteiger partial charge in [-0.15, -0.1) is 0 Å². The Bertz CT molecular complexity index is 881. The Labute approximate surface area is 142 Å². The highest BCUT2D eigenvalue weighted by atomic mass is 32.2. The lowest BCUT2D eigenvalue weighted by molar-refractivity contribution is 0.0589. The highest BCUT2D eigenvalue weighted by Crippen LogP contribution is 2.31. The lowest BCUT2D eigenvalue weighted by Gasteiger charge is -2.13. The van der Waals surface area contributed by atoms with E-state index in [1.54, 1.807) is 0 Å². The van der Waals surface area contributed by atoms with Crippen LogP contribution in [0.25, 0.3) is 0 Å². The fourth-order valence-corrected chi connectivity index (χ4v) is 3.01. The Morgan fingerprint density at radius 3 is 2.48 bits per heavy atom. The van der Waals surface area contributed by atoms with Gasteiger partial charge in [0.1, 0.15) is 29.0 Å². The van der Waals surface area contributed by atoms with Gasteiger partial charge in [-0.1, -0.05) is 0 Å². The van der Waals surface area contributed by atoms with Gasteiger partial charge in [0.25, 0.3) is 0 Å². The normalized spacial score (nSPS) is 11.2. The maximum atomic E-state index is 12.9. The zero-order valence-electron chi connectivity index (χ0n) is 13.0. The molecule has 0 saturated carbocycles. The topological polar surface area (TPSA) is 123 Å². The summed E-state index contributed by atoms with van der Waals surface area (Å²) in [4.78, 5) is 14.5. The number of halogens is 1. The number of aliphatic hydroxyl groups excluding tert-OH is 1. The van der Waals surface area contributed by atoms with Crippen LogP contribution in [0.3, 0.4) is 0 Å². The number of methoxy groups -OCH3 is 1. The van der Waals surface area contributed by atoms with Crippen molar-refractivity contribution in [1.82, 2.24) is 4.98 Å². The van der Waals surface area contributed by atoms with Gasteiger partial charge in [0, 0.05) is 11.8 Å². The molecule has 1 aromatic carbocycles. The Morgan fingerprint density at radius 1 is 1.28 bits per heavy atom. The van der Waals surface area contributed by atoms with Crippen molar-refractivity contribution in [1.29, 1.82) is 0 Å². The predicted molar refractivity (Wildman–Crippen MR) is 82.2 cm³/mol. The van der Waals surface area contributed by atoms with Crippen LogP contribution in [0.5, 0.6) is 11.5 Å². The second-order valence-electron chi connectivity index (χ2n) is 4.79. The summed E-state index contributed by atoms with van der Waals surface area (Å²) >= 11 is 0. The smallest absolute Gasteiger partial charge is 0.360 e. The van der Waals surface area contributed by atoms with E-state index in [0.29, 0.717) is 0 Å². The number of ether oxygens (including phenoxy) is 2. The molecule has 2 aromatic rings.